The van der Waals surface area contributed by atoms with Crippen molar-refractivity contribution in [2.24, 2.45) is 5.10 Å². The summed E-state index contributed by atoms with van der Waals surface area (Å²) in [6.45, 7) is 2.95. The number of thiophene rings is 1. The first-order valence-electron chi connectivity index (χ1n) is 8.91. The number of furan rings is 1. The van der Waals surface area contributed by atoms with E-state index in [0.29, 0.717) is 6.42 Å². The number of rotatable bonds is 8. The van der Waals surface area contributed by atoms with Crippen molar-refractivity contribution in [2.45, 2.75) is 30.1 Å². The molecule has 0 aromatic carbocycles. The Balaban J connectivity index is 1.45. The monoisotopic (exact) mass is 433 g/mol. The van der Waals surface area contributed by atoms with Crippen LogP contribution in [0.2, 0.25) is 0 Å². The lowest BCUT2D eigenvalue weighted by atomic mass is 10.1. The van der Waals surface area contributed by atoms with Gasteiger partial charge in [0.2, 0.25) is 5.13 Å². The Bertz CT molecular complexity index is 937. The molecular weight excluding hydrogens is 414 g/mol. The highest BCUT2D eigenvalue weighted by Gasteiger charge is 2.35. The molecule has 3 aromatic rings. The molecule has 4 heterocycles. The van der Waals surface area contributed by atoms with Crippen LogP contribution in [0.5, 0.6) is 0 Å². The molecule has 0 saturated carbocycles. The predicted octanol–water partition coefficient (Wildman–Crippen LogP) is 4.48. The van der Waals surface area contributed by atoms with Gasteiger partial charge in [-0.1, -0.05) is 36.1 Å². The van der Waals surface area contributed by atoms with Crippen LogP contribution in [-0.2, 0) is 4.79 Å². The number of carbonyl (C=O) groups is 1. The number of hydrogen-bond acceptors (Lipinski definition) is 9. The molecule has 0 aliphatic carbocycles. The molecule has 1 aliphatic heterocycles. The molecule has 7 nitrogen and oxygen atoms in total. The predicted molar refractivity (Wildman–Crippen MR) is 113 cm³/mol. The minimum absolute atomic E-state index is 0.0729. The summed E-state index contributed by atoms with van der Waals surface area (Å²) in [5, 5.41) is 20.4. The van der Waals surface area contributed by atoms with Crippen molar-refractivity contribution in [3.05, 3.63) is 46.5 Å². The SMILES string of the molecule is CCCNc1nnc(SCC(=O)N2N=C(c3cccs3)CC2c2ccco2)s1. The normalized spacial score (nSPS) is 16.4. The van der Waals surface area contributed by atoms with Crippen LogP contribution in [0, 0.1) is 0 Å². The van der Waals surface area contributed by atoms with Crippen molar-refractivity contribution in [1.29, 1.82) is 0 Å². The Hall–Kier alpha value is -2.17. The Kier molecular flexibility index (Phi) is 6.08. The third-order valence-corrected chi connectivity index (χ3v) is 7.01. The molecule has 1 atom stereocenters. The van der Waals surface area contributed by atoms with E-state index < -0.39 is 0 Å². The number of nitrogens with one attached hydrogen (secondary N) is 1. The summed E-state index contributed by atoms with van der Waals surface area (Å²) >= 11 is 4.47. The maximum atomic E-state index is 12.9. The molecular formula is C18H19N5O2S3. The lowest BCUT2D eigenvalue weighted by Gasteiger charge is -2.19. The van der Waals surface area contributed by atoms with E-state index in [4.69, 9.17) is 4.42 Å². The number of carbonyl (C=O) groups excluding carboxylic acids is 1. The highest BCUT2D eigenvalue weighted by molar-refractivity contribution is 8.01. The third kappa shape index (κ3) is 4.29. The zero-order valence-corrected chi connectivity index (χ0v) is 17.6. The van der Waals surface area contributed by atoms with E-state index in [-0.39, 0.29) is 17.7 Å². The van der Waals surface area contributed by atoms with Crippen molar-refractivity contribution >= 4 is 51.2 Å². The van der Waals surface area contributed by atoms with Crippen molar-refractivity contribution < 1.29 is 9.21 Å². The summed E-state index contributed by atoms with van der Waals surface area (Å²) in [6, 6.07) is 7.53. The van der Waals surface area contributed by atoms with Crippen molar-refractivity contribution in [3.8, 4) is 0 Å². The van der Waals surface area contributed by atoms with Gasteiger partial charge in [0.1, 0.15) is 11.8 Å². The quantitative estimate of drug-likeness (QED) is 0.527. The number of nitrogens with zero attached hydrogens (tertiary/aromatic N) is 4. The number of thioether (sulfide) groups is 1. The second-order valence-corrected chi connectivity index (χ2v) is 9.23. The van der Waals surface area contributed by atoms with E-state index in [1.54, 1.807) is 22.6 Å². The number of hydrazone groups is 1. The first-order valence-corrected chi connectivity index (χ1v) is 11.6. The number of amides is 1. The van der Waals surface area contributed by atoms with Gasteiger partial charge < -0.3 is 9.73 Å². The van der Waals surface area contributed by atoms with E-state index in [2.05, 4.69) is 27.5 Å². The molecule has 0 radical (unpaired) electrons. The van der Waals surface area contributed by atoms with Gasteiger partial charge in [-0.25, -0.2) is 5.01 Å². The second kappa shape index (κ2) is 8.89. The summed E-state index contributed by atoms with van der Waals surface area (Å²) in [5.74, 6) is 0.924. The zero-order valence-electron chi connectivity index (χ0n) is 15.2. The summed E-state index contributed by atoms with van der Waals surface area (Å²) < 4.78 is 6.33. The van der Waals surface area contributed by atoms with E-state index in [9.17, 15) is 4.79 Å². The van der Waals surface area contributed by atoms with Crippen LogP contribution in [0.1, 0.15) is 36.4 Å². The Morgan fingerprint density at radius 3 is 3.07 bits per heavy atom. The molecule has 28 heavy (non-hydrogen) atoms. The minimum Gasteiger partial charge on any atom is -0.467 e. The summed E-state index contributed by atoms with van der Waals surface area (Å²) in [7, 11) is 0. The third-order valence-electron chi connectivity index (χ3n) is 4.09. The van der Waals surface area contributed by atoms with Gasteiger partial charge in [-0.2, -0.15) is 5.10 Å². The molecule has 0 spiro atoms. The van der Waals surface area contributed by atoms with E-state index >= 15 is 0 Å². The van der Waals surface area contributed by atoms with Crippen molar-refractivity contribution in [3.63, 3.8) is 0 Å². The van der Waals surface area contributed by atoms with Gasteiger partial charge >= 0.3 is 0 Å². The summed E-state index contributed by atoms with van der Waals surface area (Å²) in [4.78, 5) is 14.0. The van der Waals surface area contributed by atoms with Crippen LogP contribution in [0.15, 0.2) is 49.8 Å². The number of aromatic nitrogens is 2. The molecule has 0 bridgehead atoms. The maximum absolute atomic E-state index is 12.9. The van der Waals surface area contributed by atoms with Crippen molar-refractivity contribution in [1.82, 2.24) is 15.2 Å². The van der Waals surface area contributed by atoms with Gasteiger partial charge in [0.15, 0.2) is 4.34 Å². The number of hydrogen-bond donors (Lipinski definition) is 1. The highest BCUT2D eigenvalue weighted by atomic mass is 32.2. The van der Waals surface area contributed by atoms with Gasteiger partial charge in [-0.15, -0.1) is 21.5 Å². The first-order chi connectivity index (χ1) is 13.7. The number of anilines is 1. The topological polar surface area (TPSA) is 83.6 Å². The minimum atomic E-state index is -0.212. The van der Waals surface area contributed by atoms with E-state index in [1.807, 2.05) is 29.6 Å². The fraction of sp³-hybridized carbons (Fsp3) is 0.333. The Labute approximate surface area is 174 Å². The molecule has 1 aliphatic rings. The van der Waals surface area contributed by atoms with Crippen molar-refractivity contribution in [2.75, 3.05) is 17.6 Å². The Morgan fingerprint density at radius 2 is 2.32 bits per heavy atom. The lowest BCUT2D eigenvalue weighted by Crippen LogP contribution is -2.28. The molecule has 4 rings (SSSR count). The lowest BCUT2D eigenvalue weighted by molar-refractivity contribution is -0.130. The highest BCUT2D eigenvalue weighted by Crippen LogP contribution is 2.35. The van der Waals surface area contributed by atoms with Crippen LogP contribution < -0.4 is 5.32 Å². The smallest absolute Gasteiger partial charge is 0.253 e. The average molecular weight is 434 g/mol. The molecule has 10 heteroatoms. The van der Waals surface area contributed by atoms with E-state index in [1.165, 1.54) is 23.1 Å². The summed E-state index contributed by atoms with van der Waals surface area (Å²) in [6.07, 6.45) is 3.30. The van der Waals surface area contributed by atoms with Gasteiger partial charge in [0, 0.05) is 13.0 Å². The maximum Gasteiger partial charge on any atom is 0.253 e. The molecule has 1 N–H and O–H groups in total. The molecule has 0 fully saturated rings. The average Bonchev–Trinajstić information content (AvgIpc) is 3.48. The van der Waals surface area contributed by atoms with Gasteiger partial charge in [-0.05, 0) is 30.0 Å². The van der Waals surface area contributed by atoms with Crippen LogP contribution in [0.4, 0.5) is 5.13 Å². The van der Waals surface area contributed by atoms with Gasteiger partial charge in [-0.3, -0.25) is 4.79 Å². The van der Waals surface area contributed by atoms with Gasteiger partial charge in [0.05, 0.1) is 22.6 Å². The van der Waals surface area contributed by atoms with E-state index in [0.717, 1.165) is 38.8 Å². The largest absolute Gasteiger partial charge is 0.467 e. The van der Waals surface area contributed by atoms with Crippen LogP contribution in [0.3, 0.4) is 0 Å². The molecule has 3 aromatic heterocycles. The van der Waals surface area contributed by atoms with Crippen LogP contribution >= 0.6 is 34.4 Å². The fourth-order valence-electron chi connectivity index (χ4n) is 2.80. The standard InChI is InChI=1S/C18H19N5O2S3/c1-2-7-19-17-20-21-18(28-17)27-11-16(24)23-13(14-5-3-8-25-14)10-12(22-23)15-6-4-9-26-15/h3-6,8-9,13H,2,7,10-11H2,1H3,(H,19,20). The van der Waals surface area contributed by atoms with Crippen LogP contribution in [-0.4, -0.2) is 39.1 Å². The van der Waals surface area contributed by atoms with Crippen LogP contribution in [0.25, 0.3) is 0 Å². The zero-order chi connectivity index (χ0) is 19.3. The fourth-order valence-corrected chi connectivity index (χ4v) is 5.15. The molecule has 1 unspecified atom stereocenters. The first kappa shape index (κ1) is 19.2. The second-order valence-electron chi connectivity index (χ2n) is 6.09. The van der Waals surface area contributed by atoms with Gasteiger partial charge in [0.25, 0.3) is 5.91 Å². The molecule has 0 saturated heterocycles. The molecule has 146 valence electrons. The summed E-state index contributed by atoms with van der Waals surface area (Å²) in [5.41, 5.74) is 0.914. The molecule has 1 amide bonds. The Morgan fingerprint density at radius 1 is 1.39 bits per heavy atom.